The SMILES string of the molecule is Cc1cccc2[nH]c(=S)n(C(C)(C)C(N)=O)c12. The highest BCUT2D eigenvalue weighted by atomic mass is 32.1. The smallest absolute Gasteiger partial charge is 0.243 e. The van der Waals surface area contributed by atoms with Gasteiger partial charge in [-0.25, -0.2) is 0 Å². The number of primary amides is 1. The van der Waals surface area contributed by atoms with Gasteiger partial charge in [-0.1, -0.05) is 12.1 Å². The van der Waals surface area contributed by atoms with Crippen molar-refractivity contribution in [1.29, 1.82) is 0 Å². The zero-order valence-corrected chi connectivity index (χ0v) is 10.9. The average Bonchev–Trinajstić information content (AvgIpc) is 2.56. The molecule has 0 saturated carbocycles. The number of hydrogen-bond acceptors (Lipinski definition) is 2. The van der Waals surface area contributed by atoms with E-state index in [4.69, 9.17) is 18.0 Å². The predicted molar refractivity (Wildman–Crippen MR) is 70.4 cm³/mol. The zero-order valence-electron chi connectivity index (χ0n) is 10.1. The Morgan fingerprint density at radius 1 is 1.47 bits per heavy atom. The predicted octanol–water partition coefficient (Wildman–Crippen LogP) is 2.23. The summed E-state index contributed by atoms with van der Waals surface area (Å²) < 4.78 is 2.30. The number of fused-ring (bicyclic) bond motifs is 1. The maximum absolute atomic E-state index is 11.6. The van der Waals surface area contributed by atoms with Crippen LogP contribution in [0.3, 0.4) is 0 Å². The number of carbonyl (C=O) groups excluding carboxylic acids is 1. The van der Waals surface area contributed by atoms with Crippen LogP contribution in [0, 0.1) is 11.7 Å². The van der Waals surface area contributed by atoms with Gasteiger partial charge in [0.15, 0.2) is 4.77 Å². The highest BCUT2D eigenvalue weighted by Crippen LogP contribution is 2.25. The summed E-state index contributed by atoms with van der Waals surface area (Å²) in [5, 5.41) is 0. The molecule has 4 nitrogen and oxygen atoms in total. The van der Waals surface area contributed by atoms with Gasteiger partial charge >= 0.3 is 0 Å². The molecular formula is C12H15N3OS. The van der Waals surface area contributed by atoms with Crippen molar-refractivity contribution in [2.75, 3.05) is 0 Å². The molecule has 17 heavy (non-hydrogen) atoms. The first kappa shape index (κ1) is 11.9. The molecule has 1 aromatic heterocycles. The van der Waals surface area contributed by atoms with E-state index in [0.717, 1.165) is 16.6 Å². The van der Waals surface area contributed by atoms with Gasteiger partial charge in [-0.3, -0.25) is 4.79 Å². The molecule has 0 unspecified atom stereocenters. The van der Waals surface area contributed by atoms with Gasteiger partial charge in [0.1, 0.15) is 5.54 Å². The Morgan fingerprint density at radius 3 is 2.71 bits per heavy atom. The molecule has 2 aromatic rings. The fourth-order valence-corrected chi connectivity index (χ4v) is 2.40. The topological polar surface area (TPSA) is 63.8 Å². The third-order valence-electron chi connectivity index (χ3n) is 3.07. The molecule has 1 heterocycles. The number of benzene rings is 1. The summed E-state index contributed by atoms with van der Waals surface area (Å²) in [6.07, 6.45) is 0. The normalized spacial score (nSPS) is 11.9. The van der Waals surface area contributed by atoms with Crippen LogP contribution in [0.25, 0.3) is 11.0 Å². The summed E-state index contributed by atoms with van der Waals surface area (Å²) in [5.74, 6) is -0.405. The summed E-state index contributed by atoms with van der Waals surface area (Å²) in [6.45, 7) is 5.52. The van der Waals surface area contributed by atoms with Crippen LogP contribution in [0.5, 0.6) is 0 Å². The van der Waals surface area contributed by atoms with E-state index in [9.17, 15) is 4.79 Å². The third-order valence-corrected chi connectivity index (χ3v) is 3.35. The Labute approximate surface area is 104 Å². The number of aromatic nitrogens is 2. The van der Waals surface area contributed by atoms with Crippen LogP contribution >= 0.6 is 12.2 Å². The minimum atomic E-state index is -0.846. The van der Waals surface area contributed by atoms with Gasteiger partial charge in [-0.05, 0) is 44.6 Å². The lowest BCUT2D eigenvalue weighted by molar-refractivity contribution is -0.124. The first-order valence-electron chi connectivity index (χ1n) is 5.36. The molecule has 3 N–H and O–H groups in total. The third kappa shape index (κ3) is 1.67. The number of nitrogens with one attached hydrogen (secondary N) is 1. The van der Waals surface area contributed by atoms with Crippen LogP contribution < -0.4 is 5.73 Å². The molecule has 0 atom stereocenters. The summed E-state index contributed by atoms with van der Waals surface area (Å²) in [7, 11) is 0. The minimum Gasteiger partial charge on any atom is -0.368 e. The maximum atomic E-state index is 11.6. The number of aryl methyl sites for hydroxylation is 1. The molecule has 1 aromatic carbocycles. The lowest BCUT2D eigenvalue weighted by Crippen LogP contribution is -2.41. The Kier molecular flexibility index (Phi) is 2.58. The molecule has 1 amide bonds. The Hall–Kier alpha value is -1.62. The van der Waals surface area contributed by atoms with E-state index in [1.165, 1.54) is 0 Å². The second-order valence-electron chi connectivity index (χ2n) is 4.66. The van der Waals surface area contributed by atoms with Gasteiger partial charge in [0.25, 0.3) is 0 Å². The molecule has 0 fully saturated rings. The van der Waals surface area contributed by atoms with Crippen LogP contribution in [-0.4, -0.2) is 15.5 Å². The number of para-hydroxylation sites is 1. The first-order chi connectivity index (χ1) is 7.85. The van der Waals surface area contributed by atoms with Crippen LogP contribution in [0.15, 0.2) is 18.2 Å². The van der Waals surface area contributed by atoms with Gasteiger partial charge < -0.3 is 15.3 Å². The van der Waals surface area contributed by atoms with Gasteiger partial charge in [0.2, 0.25) is 5.91 Å². The van der Waals surface area contributed by atoms with Gasteiger partial charge in [0, 0.05) is 0 Å². The summed E-state index contributed by atoms with van der Waals surface area (Å²) in [4.78, 5) is 14.7. The van der Waals surface area contributed by atoms with Crippen LogP contribution in [0.4, 0.5) is 0 Å². The lowest BCUT2D eigenvalue weighted by atomic mass is 10.0. The van der Waals surface area contributed by atoms with Crippen molar-refractivity contribution >= 4 is 29.2 Å². The van der Waals surface area contributed by atoms with Crippen LogP contribution in [-0.2, 0) is 10.3 Å². The number of carbonyl (C=O) groups is 1. The Balaban J connectivity index is 2.91. The van der Waals surface area contributed by atoms with E-state index >= 15 is 0 Å². The Morgan fingerprint density at radius 2 is 2.12 bits per heavy atom. The van der Waals surface area contributed by atoms with E-state index < -0.39 is 11.4 Å². The number of nitrogens with zero attached hydrogens (tertiary/aromatic N) is 1. The molecule has 0 aliphatic rings. The quantitative estimate of drug-likeness (QED) is 0.802. The van der Waals surface area contributed by atoms with Gasteiger partial charge in [-0.2, -0.15) is 0 Å². The van der Waals surface area contributed by atoms with E-state index in [2.05, 4.69) is 4.98 Å². The molecule has 0 saturated heterocycles. The fraction of sp³-hybridized carbons (Fsp3) is 0.333. The number of rotatable bonds is 2. The number of amides is 1. The summed E-state index contributed by atoms with van der Waals surface area (Å²) in [5.41, 5.74) is 7.52. The van der Waals surface area contributed by atoms with Crippen molar-refractivity contribution < 1.29 is 4.79 Å². The summed E-state index contributed by atoms with van der Waals surface area (Å²) >= 11 is 5.28. The van der Waals surface area contributed by atoms with Crippen LogP contribution in [0.1, 0.15) is 19.4 Å². The maximum Gasteiger partial charge on any atom is 0.243 e. The second kappa shape index (κ2) is 3.70. The van der Waals surface area contributed by atoms with E-state index in [0.29, 0.717) is 4.77 Å². The van der Waals surface area contributed by atoms with Gasteiger partial charge in [-0.15, -0.1) is 0 Å². The summed E-state index contributed by atoms with van der Waals surface area (Å²) in [6, 6.07) is 5.87. The highest BCUT2D eigenvalue weighted by molar-refractivity contribution is 7.71. The van der Waals surface area contributed by atoms with Crippen molar-refractivity contribution in [1.82, 2.24) is 9.55 Å². The molecular weight excluding hydrogens is 234 g/mol. The number of nitrogens with two attached hydrogens (primary N) is 1. The molecule has 2 rings (SSSR count). The number of H-pyrrole nitrogens is 1. The number of aromatic amines is 1. The Bertz CT molecular complexity index is 651. The van der Waals surface area contributed by atoms with Crippen molar-refractivity contribution in [2.24, 2.45) is 5.73 Å². The standard InChI is InChI=1S/C12H15N3OS/c1-7-5-4-6-8-9(7)15(11(17)14-8)12(2,3)10(13)16/h4-6H,1-3H3,(H2,13,16)(H,14,17). The molecule has 0 bridgehead atoms. The van der Waals surface area contributed by atoms with Crippen molar-refractivity contribution in [3.63, 3.8) is 0 Å². The number of hydrogen-bond donors (Lipinski definition) is 2. The molecule has 0 radical (unpaired) electrons. The monoisotopic (exact) mass is 249 g/mol. The lowest BCUT2D eigenvalue weighted by Gasteiger charge is -2.24. The highest BCUT2D eigenvalue weighted by Gasteiger charge is 2.30. The molecule has 5 heteroatoms. The molecule has 0 aliphatic heterocycles. The van der Waals surface area contributed by atoms with Gasteiger partial charge in [0.05, 0.1) is 11.0 Å². The largest absolute Gasteiger partial charge is 0.368 e. The molecule has 90 valence electrons. The van der Waals surface area contributed by atoms with E-state index in [1.54, 1.807) is 18.4 Å². The van der Waals surface area contributed by atoms with Crippen LogP contribution in [0.2, 0.25) is 0 Å². The molecule has 0 aliphatic carbocycles. The van der Waals surface area contributed by atoms with Crippen molar-refractivity contribution in [3.05, 3.63) is 28.5 Å². The molecule has 0 spiro atoms. The van der Waals surface area contributed by atoms with Crippen molar-refractivity contribution in [2.45, 2.75) is 26.3 Å². The van der Waals surface area contributed by atoms with Crippen molar-refractivity contribution in [3.8, 4) is 0 Å². The fourth-order valence-electron chi connectivity index (χ4n) is 1.97. The second-order valence-corrected chi connectivity index (χ2v) is 5.05. The van der Waals surface area contributed by atoms with E-state index in [1.807, 2.05) is 25.1 Å². The van der Waals surface area contributed by atoms with E-state index in [-0.39, 0.29) is 0 Å². The number of imidazole rings is 1. The minimum absolute atomic E-state index is 0.405. The zero-order chi connectivity index (χ0) is 12.8. The average molecular weight is 249 g/mol. The first-order valence-corrected chi connectivity index (χ1v) is 5.77.